The van der Waals surface area contributed by atoms with Crippen LogP contribution in [0.3, 0.4) is 0 Å². The summed E-state index contributed by atoms with van der Waals surface area (Å²) in [6.07, 6.45) is 5.98. The van der Waals surface area contributed by atoms with Crippen LogP contribution < -0.4 is 10.6 Å². The molecule has 1 rings (SSSR count). The molecule has 1 aromatic heterocycles. The number of amides is 1. The Morgan fingerprint density at radius 2 is 2.09 bits per heavy atom. The van der Waals surface area contributed by atoms with Crippen LogP contribution in [0.1, 0.15) is 53.0 Å². The van der Waals surface area contributed by atoms with E-state index in [2.05, 4.69) is 47.5 Å². The molecule has 1 atom stereocenters. The summed E-state index contributed by atoms with van der Waals surface area (Å²) in [5, 5.41) is 6.36. The third kappa shape index (κ3) is 7.50. The molecule has 5 nitrogen and oxygen atoms in total. The molecule has 0 aliphatic rings. The molecule has 126 valence electrons. The van der Waals surface area contributed by atoms with Gasteiger partial charge in [0.25, 0.3) is 0 Å². The lowest BCUT2D eigenvalue weighted by Crippen LogP contribution is -2.42. The van der Waals surface area contributed by atoms with Crippen LogP contribution in [0.15, 0.2) is 18.5 Å². The van der Waals surface area contributed by atoms with E-state index in [4.69, 9.17) is 4.74 Å². The van der Waals surface area contributed by atoms with Crippen LogP contribution in [0.4, 0.5) is 4.79 Å². The van der Waals surface area contributed by atoms with Crippen molar-refractivity contribution in [1.29, 1.82) is 0 Å². The van der Waals surface area contributed by atoms with Gasteiger partial charge in [0.2, 0.25) is 0 Å². The molecule has 0 radical (unpaired) electrons. The SMILES string of the molecule is CCCC(CNC(=O)OC(C)(C)C)NCc1ccn(CC)c1. The number of aryl methyl sites for hydroxylation is 1. The van der Waals surface area contributed by atoms with E-state index in [0.29, 0.717) is 6.54 Å². The van der Waals surface area contributed by atoms with Crippen molar-refractivity contribution in [3.8, 4) is 0 Å². The second-order valence-electron chi connectivity index (χ2n) is 6.60. The van der Waals surface area contributed by atoms with Gasteiger partial charge in [-0.2, -0.15) is 0 Å². The van der Waals surface area contributed by atoms with E-state index in [1.165, 1.54) is 5.56 Å². The lowest BCUT2D eigenvalue weighted by atomic mass is 10.1. The Hall–Kier alpha value is -1.49. The fourth-order valence-corrected chi connectivity index (χ4v) is 2.20. The van der Waals surface area contributed by atoms with Crippen molar-refractivity contribution in [2.45, 2.75) is 72.2 Å². The van der Waals surface area contributed by atoms with Gasteiger partial charge in [0.15, 0.2) is 0 Å². The normalized spacial score (nSPS) is 13.0. The van der Waals surface area contributed by atoms with Gasteiger partial charge in [-0.15, -0.1) is 0 Å². The van der Waals surface area contributed by atoms with Gasteiger partial charge in [0, 0.05) is 38.1 Å². The molecule has 0 saturated heterocycles. The summed E-state index contributed by atoms with van der Waals surface area (Å²) in [6, 6.07) is 2.38. The summed E-state index contributed by atoms with van der Waals surface area (Å²) in [6.45, 7) is 12.3. The fraction of sp³-hybridized carbons (Fsp3) is 0.706. The maximum atomic E-state index is 11.7. The van der Waals surface area contributed by atoms with Crippen molar-refractivity contribution in [2.75, 3.05) is 6.54 Å². The summed E-state index contributed by atoms with van der Waals surface area (Å²) in [7, 11) is 0. The van der Waals surface area contributed by atoms with Crippen LogP contribution in [0.25, 0.3) is 0 Å². The zero-order valence-corrected chi connectivity index (χ0v) is 14.6. The third-order valence-corrected chi connectivity index (χ3v) is 3.30. The molecule has 1 heterocycles. The number of nitrogens with one attached hydrogen (secondary N) is 2. The number of alkyl carbamates (subject to hydrolysis) is 1. The quantitative estimate of drug-likeness (QED) is 0.775. The first-order chi connectivity index (χ1) is 10.3. The van der Waals surface area contributed by atoms with Gasteiger partial charge in [0.1, 0.15) is 5.60 Å². The molecule has 1 amide bonds. The van der Waals surface area contributed by atoms with Crippen LogP contribution in [-0.4, -0.2) is 28.8 Å². The van der Waals surface area contributed by atoms with Crippen molar-refractivity contribution >= 4 is 6.09 Å². The highest BCUT2D eigenvalue weighted by atomic mass is 16.6. The summed E-state index contributed by atoms with van der Waals surface area (Å²) >= 11 is 0. The van der Waals surface area contributed by atoms with Gasteiger partial charge in [-0.25, -0.2) is 4.79 Å². The highest BCUT2D eigenvalue weighted by molar-refractivity contribution is 5.67. The van der Waals surface area contributed by atoms with E-state index < -0.39 is 5.60 Å². The first kappa shape index (κ1) is 18.6. The number of hydrogen-bond donors (Lipinski definition) is 2. The van der Waals surface area contributed by atoms with Crippen molar-refractivity contribution in [3.63, 3.8) is 0 Å². The number of hydrogen-bond acceptors (Lipinski definition) is 3. The summed E-state index contributed by atoms with van der Waals surface area (Å²) in [5.74, 6) is 0. The van der Waals surface area contributed by atoms with Gasteiger partial charge in [-0.3, -0.25) is 0 Å². The highest BCUT2D eigenvalue weighted by Gasteiger charge is 2.17. The van der Waals surface area contributed by atoms with Gasteiger partial charge < -0.3 is 19.9 Å². The molecule has 1 aromatic rings. The van der Waals surface area contributed by atoms with Crippen molar-refractivity contribution in [1.82, 2.24) is 15.2 Å². The van der Waals surface area contributed by atoms with Crippen LogP contribution in [0.5, 0.6) is 0 Å². The minimum Gasteiger partial charge on any atom is -0.444 e. The number of nitrogens with zero attached hydrogens (tertiary/aromatic N) is 1. The second kappa shape index (κ2) is 8.83. The Bertz CT molecular complexity index is 449. The average molecular weight is 309 g/mol. The summed E-state index contributed by atoms with van der Waals surface area (Å²) in [4.78, 5) is 11.7. The predicted octanol–water partition coefficient (Wildman–Crippen LogP) is 3.29. The number of carbonyl (C=O) groups excluding carboxylic acids is 1. The molecule has 2 N–H and O–H groups in total. The first-order valence-electron chi connectivity index (χ1n) is 8.19. The van der Waals surface area contributed by atoms with E-state index >= 15 is 0 Å². The van der Waals surface area contributed by atoms with Gasteiger partial charge in [0.05, 0.1) is 0 Å². The Morgan fingerprint density at radius 3 is 2.64 bits per heavy atom. The van der Waals surface area contributed by atoms with Crippen molar-refractivity contribution in [3.05, 3.63) is 24.0 Å². The smallest absolute Gasteiger partial charge is 0.407 e. The van der Waals surface area contributed by atoms with Crippen LogP contribution in [0.2, 0.25) is 0 Å². The number of rotatable bonds is 8. The molecule has 5 heteroatoms. The van der Waals surface area contributed by atoms with Crippen LogP contribution >= 0.6 is 0 Å². The van der Waals surface area contributed by atoms with E-state index in [0.717, 1.165) is 25.9 Å². The summed E-state index contributed by atoms with van der Waals surface area (Å²) in [5.41, 5.74) is 0.807. The standard InChI is InChI=1S/C17H31N3O2/c1-6-8-15(12-19-16(21)22-17(3,4)5)18-11-14-9-10-20(7-2)13-14/h9-10,13,15,18H,6-8,11-12H2,1-5H3,(H,19,21). The number of carbonyl (C=O) groups is 1. The van der Waals surface area contributed by atoms with Gasteiger partial charge >= 0.3 is 6.09 Å². The zero-order chi connectivity index (χ0) is 16.6. The van der Waals surface area contributed by atoms with E-state index in [1.54, 1.807) is 0 Å². The molecule has 0 saturated carbocycles. The Kier molecular flexibility index (Phi) is 7.45. The fourth-order valence-electron chi connectivity index (χ4n) is 2.20. The minimum atomic E-state index is -0.458. The van der Waals surface area contributed by atoms with Gasteiger partial charge in [-0.1, -0.05) is 13.3 Å². The molecule has 0 bridgehead atoms. The predicted molar refractivity (Wildman–Crippen MR) is 89.9 cm³/mol. The largest absolute Gasteiger partial charge is 0.444 e. The lowest BCUT2D eigenvalue weighted by Gasteiger charge is -2.22. The highest BCUT2D eigenvalue weighted by Crippen LogP contribution is 2.07. The molecule has 1 unspecified atom stereocenters. The van der Waals surface area contributed by atoms with E-state index in [9.17, 15) is 4.79 Å². The van der Waals surface area contributed by atoms with E-state index in [1.807, 2.05) is 20.8 Å². The molecule has 0 aliphatic carbocycles. The third-order valence-electron chi connectivity index (χ3n) is 3.30. The second-order valence-corrected chi connectivity index (χ2v) is 6.60. The van der Waals surface area contributed by atoms with Crippen LogP contribution in [-0.2, 0) is 17.8 Å². The Morgan fingerprint density at radius 1 is 1.36 bits per heavy atom. The van der Waals surface area contributed by atoms with Crippen molar-refractivity contribution in [2.24, 2.45) is 0 Å². The summed E-state index contributed by atoms with van der Waals surface area (Å²) < 4.78 is 7.42. The van der Waals surface area contributed by atoms with Crippen molar-refractivity contribution < 1.29 is 9.53 Å². The van der Waals surface area contributed by atoms with Gasteiger partial charge in [-0.05, 0) is 45.7 Å². The molecule has 0 aromatic carbocycles. The molecule has 0 spiro atoms. The topological polar surface area (TPSA) is 55.3 Å². The molecule has 22 heavy (non-hydrogen) atoms. The zero-order valence-electron chi connectivity index (χ0n) is 14.6. The lowest BCUT2D eigenvalue weighted by molar-refractivity contribution is 0.0521. The molecule has 0 aliphatic heterocycles. The first-order valence-corrected chi connectivity index (χ1v) is 8.19. The molecular weight excluding hydrogens is 278 g/mol. The molecule has 0 fully saturated rings. The maximum absolute atomic E-state index is 11.7. The Balaban J connectivity index is 2.39. The Labute approximate surface area is 134 Å². The van der Waals surface area contributed by atoms with Crippen LogP contribution in [0, 0.1) is 0 Å². The number of aromatic nitrogens is 1. The van der Waals surface area contributed by atoms with E-state index in [-0.39, 0.29) is 12.1 Å². The minimum absolute atomic E-state index is 0.252. The number of ether oxygens (including phenoxy) is 1. The maximum Gasteiger partial charge on any atom is 0.407 e. The monoisotopic (exact) mass is 309 g/mol. The average Bonchev–Trinajstić information content (AvgIpc) is 2.88. The molecular formula is C17H31N3O2.